The number of benzene rings is 2. The minimum absolute atomic E-state index is 0.0405. The molecule has 4 rings (SSSR count). The molecule has 0 radical (unpaired) electrons. The van der Waals surface area contributed by atoms with Crippen molar-refractivity contribution in [2.45, 2.75) is 6.54 Å². The lowest BCUT2D eigenvalue weighted by molar-refractivity contribution is -0.116. The van der Waals surface area contributed by atoms with Gasteiger partial charge < -0.3 is 9.88 Å². The van der Waals surface area contributed by atoms with Gasteiger partial charge in [-0.25, -0.2) is 9.37 Å². The zero-order valence-electron chi connectivity index (χ0n) is 13.3. The van der Waals surface area contributed by atoms with Gasteiger partial charge in [0.15, 0.2) is 5.82 Å². The van der Waals surface area contributed by atoms with Crippen LogP contribution in [0.3, 0.4) is 0 Å². The normalized spacial score (nSPS) is 11.0. The Morgan fingerprint density at radius 1 is 1.27 bits per heavy atom. The van der Waals surface area contributed by atoms with Gasteiger partial charge in [-0.1, -0.05) is 23.7 Å². The fourth-order valence-electron chi connectivity index (χ4n) is 2.67. The molecule has 4 aromatic rings. The van der Waals surface area contributed by atoms with Crippen LogP contribution in [0.1, 0.15) is 0 Å². The highest BCUT2D eigenvalue weighted by atomic mass is 35.5. The summed E-state index contributed by atoms with van der Waals surface area (Å²) in [5.41, 5.74) is 3.81. The van der Waals surface area contributed by atoms with Crippen LogP contribution in [0.4, 0.5) is 10.1 Å². The van der Waals surface area contributed by atoms with Crippen molar-refractivity contribution < 1.29 is 9.18 Å². The van der Waals surface area contributed by atoms with E-state index < -0.39 is 5.82 Å². The summed E-state index contributed by atoms with van der Waals surface area (Å²) in [7, 11) is 0. The molecular formula is C18H12ClFN4OS. The number of aromatic nitrogens is 3. The molecule has 2 aromatic carbocycles. The number of carbonyl (C=O) groups excluding carboxylic acids is 1. The largest absolute Gasteiger partial charge is 0.324 e. The first-order chi connectivity index (χ1) is 12.6. The minimum Gasteiger partial charge on any atom is -0.324 e. The van der Waals surface area contributed by atoms with Crippen LogP contribution in [0.15, 0.2) is 54.2 Å². The summed E-state index contributed by atoms with van der Waals surface area (Å²) in [5.74, 6) is -0.111. The van der Waals surface area contributed by atoms with E-state index >= 15 is 0 Å². The molecule has 26 heavy (non-hydrogen) atoms. The number of thiazole rings is 1. The number of halogens is 2. The Labute approximate surface area is 157 Å². The lowest BCUT2D eigenvalue weighted by atomic mass is 10.3. The Morgan fingerprint density at radius 3 is 2.88 bits per heavy atom. The van der Waals surface area contributed by atoms with Crippen LogP contribution >= 0.6 is 22.9 Å². The van der Waals surface area contributed by atoms with Crippen molar-refractivity contribution in [3.63, 3.8) is 0 Å². The SMILES string of the molecule is O=C(Cn1c(-c2cncs2)nc2ccccc21)Nc1ccc(F)c(Cl)c1. The van der Waals surface area contributed by atoms with E-state index in [4.69, 9.17) is 11.6 Å². The van der Waals surface area contributed by atoms with E-state index in [1.165, 1.54) is 29.5 Å². The summed E-state index contributed by atoms with van der Waals surface area (Å²) in [5, 5.41) is 2.69. The van der Waals surface area contributed by atoms with Crippen LogP contribution in [0.2, 0.25) is 5.02 Å². The lowest BCUT2D eigenvalue weighted by Crippen LogP contribution is -2.19. The van der Waals surface area contributed by atoms with E-state index in [0.29, 0.717) is 11.5 Å². The first-order valence-corrected chi connectivity index (χ1v) is 8.96. The van der Waals surface area contributed by atoms with E-state index in [1.54, 1.807) is 11.7 Å². The fraction of sp³-hybridized carbons (Fsp3) is 0.0556. The van der Waals surface area contributed by atoms with E-state index in [-0.39, 0.29) is 17.5 Å². The number of imidazole rings is 1. The number of fused-ring (bicyclic) bond motifs is 1. The first-order valence-electron chi connectivity index (χ1n) is 7.71. The predicted molar refractivity (Wildman–Crippen MR) is 101 cm³/mol. The Kier molecular flexibility index (Phi) is 4.40. The molecule has 0 fully saturated rings. The molecule has 8 heteroatoms. The average Bonchev–Trinajstić information content (AvgIpc) is 3.26. The first kappa shape index (κ1) is 16.7. The Bertz CT molecular complexity index is 1090. The maximum absolute atomic E-state index is 13.3. The standard InChI is InChI=1S/C18H12ClFN4OS/c19-12-7-11(5-6-13(12)20)22-17(25)9-24-15-4-2-1-3-14(15)23-18(24)16-8-21-10-26-16/h1-8,10H,9H2,(H,22,25). The molecule has 0 saturated heterocycles. The maximum Gasteiger partial charge on any atom is 0.244 e. The van der Waals surface area contributed by atoms with E-state index in [9.17, 15) is 9.18 Å². The molecule has 0 aliphatic carbocycles. The molecule has 2 heterocycles. The van der Waals surface area contributed by atoms with Crippen LogP contribution in [-0.4, -0.2) is 20.4 Å². The molecular weight excluding hydrogens is 375 g/mol. The van der Waals surface area contributed by atoms with Crippen LogP contribution in [-0.2, 0) is 11.3 Å². The second kappa shape index (κ2) is 6.86. The highest BCUT2D eigenvalue weighted by molar-refractivity contribution is 7.13. The summed E-state index contributed by atoms with van der Waals surface area (Å²) < 4.78 is 15.1. The number of anilines is 1. The van der Waals surface area contributed by atoms with Crippen LogP contribution in [0, 0.1) is 5.82 Å². The van der Waals surface area contributed by atoms with E-state index in [0.717, 1.165) is 15.9 Å². The fourth-order valence-corrected chi connectivity index (χ4v) is 3.47. The molecule has 0 saturated carbocycles. The molecule has 0 unspecified atom stereocenters. The monoisotopic (exact) mass is 386 g/mol. The Morgan fingerprint density at radius 2 is 2.12 bits per heavy atom. The molecule has 2 aromatic heterocycles. The lowest BCUT2D eigenvalue weighted by Gasteiger charge is -2.09. The van der Waals surface area contributed by atoms with Gasteiger partial charge in [-0.05, 0) is 30.3 Å². The van der Waals surface area contributed by atoms with Gasteiger partial charge in [-0.15, -0.1) is 11.3 Å². The third-order valence-electron chi connectivity index (χ3n) is 3.81. The average molecular weight is 387 g/mol. The van der Waals surface area contributed by atoms with Crippen molar-refractivity contribution in [2.24, 2.45) is 0 Å². The van der Waals surface area contributed by atoms with Gasteiger partial charge in [0.05, 0.1) is 26.4 Å². The van der Waals surface area contributed by atoms with Crippen molar-refractivity contribution in [1.82, 2.24) is 14.5 Å². The molecule has 0 spiro atoms. The molecule has 1 N–H and O–H groups in total. The van der Waals surface area contributed by atoms with Gasteiger partial charge in [0.2, 0.25) is 5.91 Å². The number of amides is 1. The van der Waals surface area contributed by atoms with Gasteiger partial charge >= 0.3 is 0 Å². The summed E-state index contributed by atoms with van der Waals surface area (Å²) in [6, 6.07) is 11.7. The van der Waals surface area contributed by atoms with Gasteiger partial charge in [-0.3, -0.25) is 9.78 Å². The molecule has 1 amide bonds. The van der Waals surface area contributed by atoms with Gasteiger partial charge in [0.25, 0.3) is 0 Å². The number of rotatable bonds is 4. The van der Waals surface area contributed by atoms with Gasteiger partial charge in [-0.2, -0.15) is 0 Å². The zero-order valence-corrected chi connectivity index (χ0v) is 14.9. The van der Waals surface area contributed by atoms with Crippen molar-refractivity contribution >= 4 is 45.6 Å². The third kappa shape index (κ3) is 3.18. The molecule has 0 atom stereocenters. The molecule has 5 nitrogen and oxygen atoms in total. The van der Waals surface area contributed by atoms with Crippen molar-refractivity contribution in [3.8, 4) is 10.7 Å². The highest BCUT2D eigenvalue weighted by Gasteiger charge is 2.16. The Balaban J connectivity index is 1.66. The number of hydrogen-bond acceptors (Lipinski definition) is 4. The second-order valence-corrected chi connectivity index (χ2v) is 6.85. The number of hydrogen-bond donors (Lipinski definition) is 1. The van der Waals surface area contributed by atoms with E-state index in [2.05, 4.69) is 15.3 Å². The number of carbonyl (C=O) groups is 1. The van der Waals surface area contributed by atoms with Crippen molar-refractivity contribution in [2.75, 3.05) is 5.32 Å². The Hall–Kier alpha value is -2.77. The zero-order chi connectivity index (χ0) is 18.1. The summed E-state index contributed by atoms with van der Waals surface area (Å²) in [6.07, 6.45) is 1.72. The second-order valence-electron chi connectivity index (χ2n) is 5.55. The topological polar surface area (TPSA) is 59.8 Å². The van der Waals surface area contributed by atoms with Crippen molar-refractivity contribution in [3.05, 3.63) is 65.0 Å². The summed E-state index contributed by atoms with van der Waals surface area (Å²) in [4.78, 5) is 22.1. The predicted octanol–water partition coefficient (Wildman–Crippen LogP) is 4.59. The summed E-state index contributed by atoms with van der Waals surface area (Å²) in [6.45, 7) is 0.0583. The third-order valence-corrected chi connectivity index (χ3v) is 4.87. The number of nitrogens with zero attached hydrogens (tertiary/aromatic N) is 3. The minimum atomic E-state index is -0.530. The number of para-hydroxylation sites is 2. The van der Waals surface area contributed by atoms with Crippen LogP contribution in [0.5, 0.6) is 0 Å². The molecule has 0 aliphatic heterocycles. The van der Waals surface area contributed by atoms with Crippen LogP contribution < -0.4 is 5.32 Å². The number of nitrogens with one attached hydrogen (secondary N) is 1. The summed E-state index contributed by atoms with van der Waals surface area (Å²) >= 11 is 7.22. The van der Waals surface area contributed by atoms with Gasteiger partial charge in [0, 0.05) is 11.9 Å². The molecule has 0 bridgehead atoms. The highest BCUT2D eigenvalue weighted by Crippen LogP contribution is 2.27. The van der Waals surface area contributed by atoms with Gasteiger partial charge in [0.1, 0.15) is 12.4 Å². The van der Waals surface area contributed by atoms with Crippen molar-refractivity contribution in [1.29, 1.82) is 0 Å². The van der Waals surface area contributed by atoms with E-state index in [1.807, 2.05) is 28.8 Å². The maximum atomic E-state index is 13.3. The smallest absolute Gasteiger partial charge is 0.244 e. The van der Waals surface area contributed by atoms with Crippen LogP contribution in [0.25, 0.3) is 21.7 Å². The quantitative estimate of drug-likeness (QED) is 0.558. The molecule has 0 aliphatic rings. The molecule has 130 valence electrons.